The van der Waals surface area contributed by atoms with Crippen LogP contribution in [0.15, 0.2) is 85.4 Å². The van der Waals surface area contributed by atoms with E-state index in [0.29, 0.717) is 19.0 Å². The second-order valence-electron chi connectivity index (χ2n) is 9.71. The molecule has 0 radical (unpaired) electrons. The minimum Gasteiger partial charge on any atom is -0.445 e. The van der Waals surface area contributed by atoms with E-state index in [4.69, 9.17) is 4.74 Å². The third kappa shape index (κ3) is 5.85. The van der Waals surface area contributed by atoms with Gasteiger partial charge < -0.3 is 15.0 Å². The maximum absolute atomic E-state index is 12.9. The quantitative estimate of drug-likeness (QED) is 0.431. The van der Waals surface area contributed by atoms with Crippen molar-refractivity contribution in [3.63, 3.8) is 0 Å². The molecule has 36 heavy (non-hydrogen) atoms. The molecule has 1 N–H and O–H groups in total. The topological polar surface area (TPSA) is 58.6 Å². The van der Waals surface area contributed by atoms with E-state index >= 15 is 0 Å². The zero-order valence-corrected chi connectivity index (χ0v) is 20.5. The Morgan fingerprint density at radius 1 is 0.889 bits per heavy atom. The Morgan fingerprint density at radius 3 is 2.42 bits per heavy atom. The van der Waals surface area contributed by atoms with Gasteiger partial charge in [0.15, 0.2) is 0 Å². The summed E-state index contributed by atoms with van der Waals surface area (Å²) in [7, 11) is 0. The maximum atomic E-state index is 12.9. The molecule has 3 aromatic rings. The molecule has 2 amide bonds. The summed E-state index contributed by atoms with van der Waals surface area (Å²) in [6.07, 6.45) is 4.12. The lowest BCUT2D eigenvalue weighted by atomic mass is 9.94. The molecule has 1 atom stereocenters. The zero-order valence-electron chi connectivity index (χ0n) is 20.5. The Labute approximate surface area is 212 Å². The molecule has 1 saturated carbocycles. The molecule has 5 rings (SSSR count). The number of likely N-dealkylation sites (tertiary alicyclic amines) is 1. The molecule has 0 bridgehead atoms. The van der Waals surface area contributed by atoms with Crippen molar-refractivity contribution in [1.82, 2.24) is 10.2 Å². The van der Waals surface area contributed by atoms with E-state index in [1.165, 1.54) is 0 Å². The maximum Gasteiger partial charge on any atom is 0.410 e. The predicted molar refractivity (Wildman–Crippen MR) is 142 cm³/mol. The monoisotopic (exact) mass is 480 g/mol. The second kappa shape index (κ2) is 10.8. The van der Waals surface area contributed by atoms with E-state index in [2.05, 4.69) is 36.2 Å². The number of benzene rings is 3. The first-order chi connectivity index (χ1) is 17.6. The molecule has 2 aliphatic rings. The van der Waals surface area contributed by atoms with Gasteiger partial charge in [0.25, 0.3) is 0 Å². The van der Waals surface area contributed by atoms with Gasteiger partial charge in [0.1, 0.15) is 6.61 Å². The van der Waals surface area contributed by atoms with Gasteiger partial charge in [0.05, 0.1) is 12.5 Å². The molecule has 0 aromatic heterocycles. The second-order valence-corrected chi connectivity index (χ2v) is 9.71. The third-order valence-corrected chi connectivity index (χ3v) is 6.92. The summed E-state index contributed by atoms with van der Waals surface area (Å²) >= 11 is 0. The lowest BCUT2D eigenvalue weighted by Gasteiger charge is -2.26. The minimum atomic E-state index is -0.292. The van der Waals surface area contributed by atoms with Crippen molar-refractivity contribution in [2.75, 3.05) is 6.54 Å². The third-order valence-electron chi connectivity index (χ3n) is 6.92. The van der Waals surface area contributed by atoms with Crippen molar-refractivity contribution >= 4 is 17.6 Å². The number of carbonyl (C=O) groups excluding carboxylic acids is 2. The number of hydrogen-bond donors (Lipinski definition) is 1. The van der Waals surface area contributed by atoms with Crippen LogP contribution in [0.2, 0.25) is 0 Å². The Morgan fingerprint density at radius 2 is 1.67 bits per heavy atom. The highest BCUT2D eigenvalue weighted by Gasteiger charge is 2.32. The number of nitrogens with one attached hydrogen (secondary N) is 1. The van der Waals surface area contributed by atoms with Gasteiger partial charge in [-0.15, -0.1) is 0 Å². The number of rotatable bonds is 8. The summed E-state index contributed by atoms with van der Waals surface area (Å²) in [6.45, 7) is 5.31. The van der Waals surface area contributed by atoms with Crippen LogP contribution in [0.1, 0.15) is 42.4 Å². The number of hydrogen-bond acceptors (Lipinski definition) is 3. The summed E-state index contributed by atoms with van der Waals surface area (Å²) < 4.78 is 5.60. The van der Waals surface area contributed by atoms with Crippen LogP contribution in [-0.2, 0) is 22.6 Å². The predicted octanol–water partition coefficient (Wildman–Crippen LogP) is 5.99. The van der Waals surface area contributed by atoms with Crippen LogP contribution in [0.5, 0.6) is 0 Å². The Bertz CT molecular complexity index is 1230. The average Bonchev–Trinajstić information content (AvgIpc) is 3.58. The van der Waals surface area contributed by atoms with Gasteiger partial charge in [-0.3, -0.25) is 4.79 Å². The van der Waals surface area contributed by atoms with Crippen molar-refractivity contribution in [3.05, 3.63) is 102 Å². The first-order valence-corrected chi connectivity index (χ1v) is 12.7. The zero-order chi connectivity index (χ0) is 24.9. The van der Waals surface area contributed by atoms with Crippen molar-refractivity contribution in [2.24, 2.45) is 0 Å². The molecule has 2 fully saturated rings. The van der Waals surface area contributed by atoms with E-state index < -0.39 is 0 Å². The molecular formula is C31H32N2O3. The van der Waals surface area contributed by atoms with Gasteiger partial charge in [-0.2, -0.15) is 0 Å². The number of carbonyl (C=O) groups is 2. The van der Waals surface area contributed by atoms with Crippen molar-refractivity contribution in [1.29, 1.82) is 0 Å². The van der Waals surface area contributed by atoms with Crippen molar-refractivity contribution in [2.45, 2.75) is 50.8 Å². The normalized spacial score (nSPS) is 17.0. The SMILES string of the molecule is C=C(c1cccc(-c2ccc(CC(=O)NC3CC3)cc2)c1)C1CCCN1C(=O)OCc1ccccc1. The van der Waals surface area contributed by atoms with Crippen LogP contribution in [0.25, 0.3) is 16.7 Å². The average molecular weight is 481 g/mol. The first-order valence-electron chi connectivity index (χ1n) is 12.7. The Hall–Kier alpha value is -3.86. The summed E-state index contributed by atoms with van der Waals surface area (Å²) in [5.74, 6) is 0.0898. The lowest BCUT2D eigenvalue weighted by Crippen LogP contribution is -2.36. The Balaban J connectivity index is 1.23. The van der Waals surface area contributed by atoms with Crippen LogP contribution >= 0.6 is 0 Å². The highest BCUT2D eigenvalue weighted by molar-refractivity contribution is 5.80. The highest BCUT2D eigenvalue weighted by atomic mass is 16.6. The van der Waals surface area contributed by atoms with Gasteiger partial charge in [-0.05, 0) is 65.1 Å². The number of amides is 2. The van der Waals surface area contributed by atoms with E-state index in [1.54, 1.807) is 4.90 Å². The molecule has 1 unspecified atom stereocenters. The molecule has 1 heterocycles. The smallest absolute Gasteiger partial charge is 0.410 e. The van der Waals surface area contributed by atoms with Gasteiger partial charge >= 0.3 is 6.09 Å². The van der Waals surface area contributed by atoms with Crippen LogP contribution < -0.4 is 5.32 Å². The minimum absolute atomic E-state index is 0.0733. The number of nitrogens with zero attached hydrogens (tertiary/aromatic N) is 1. The van der Waals surface area contributed by atoms with Gasteiger partial charge in [-0.25, -0.2) is 4.79 Å². The first kappa shape index (κ1) is 23.9. The fraction of sp³-hybridized carbons (Fsp3) is 0.290. The molecule has 1 saturated heterocycles. The molecule has 1 aliphatic heterocycles. The van der Waals surface area contributed by atoms with Crippen molar-refractivity contribution in [3.8, 4) is 11.1 Å². The largest absolute Gasteiger partial charge is 0.445 e. The lowest BCUT2D eigenvalue weighted by molar-refractivity contribution is -0.120. The molecular weight excluding hydrogens is 448 g/mol. The molecule has 0 spiro atoms. The fourth-order valence-electron chi connectivity index (χ4n) is 4.75. The summed E-state index contributed by atoms with van der Waals surface area (Å²) in [5, 5.41) is 3.04. The van der Waals surface area contributed by atoms with Crippen LogP contribution in [0, 0.1) is 0 Å². The van der Waals surface area contributed by atoms with Gasteiger partial charge in [-0.1, -0.05) is 79.4 Å². The van der Waals surface area contributed by atoms with Crippen LogP contribution in [0.4, 0.5) is 4.79 Å². The van der Waals surface area contributed by atoms with E-state index in [0.717, 1.165) is 59.1 Å². The van der Waals surface area contributed by atoms with Crippen LogP contribution in [0.3, 0.4) is 0 Å². The summed E-state index contributed by atoms with van der Waals surface area (Å²) in [6, 6.07) is 26.5. The molecule has 3 aromatic carbocycles. The molecule has 5 nitrogen and oxygen atoms in total. The Kier molecular flexibility index (Phi) is 7.17. The fourth-order valence-corrected chi connectivity index (χ4v) is 4.75. The molecule has 5 heteroatoms. The van der Waals surface area contributed by atoms with E-state index in [-0.39, 0.29) is 24.6 Å². The molecule has 1 aliphatic carbocycles. The van der Waals surface area contributed by atoms with Crippen LogP contribution in [-0.4, -0.2) is 35.5 Å². The van der Waals surface area contributed by atoms with Gasteiger partial charge in [0.2, 0.25) is 5.91 Å². The van der Waals surface area contributed by atoms with E-state index in [9.17, 15) is 9.59 Å². The highest BCUT2D eigenvalue weighted by Crippen LogP contribution is 2.32. The number of ether oxygens (including phenoxy) is 1. The standard InChI is InChI=1S/C31H32N2O3/c1-22(29-11-6-18-33(29)31(35)36-21-24-7-3-2-4-8-24)26-9-5-10-27(20-26)25-14-12-23(13-15-25)19-30(34)32-28-16-17-28/h2-5,7-10,12-15,20,28-29H,1,6,11,16-19,21H2,(H,32,34). The summed E-state index contributed by atoms with van der Waals surface area (Å²) in [5.41, 5.74) is 6.10. The molecule has 184 valence electrons. The van der Waals surface area contributed by atoms with Gasteiger partial charge in [0, 0.05) is 12.6 Å². The summed E-state index contributed by atoms with van der Waals surface area (Å²) in [4.78, 5) is 26.8. The van der Waals surface area contributed by atoms with E-state index in [1.807, 2.05) is 54.6 Å². The van der Waals surface area contributed by atoms with Crippen molar-refractivity contribution < 1.29 is 14.3 Å².